The molecular weight excluding hydrogens is 272 g/mol. The summed E-state index contributed by atoms with van der Waals surface area (Å²) < 4.78 is 15.6. The Bertz CT molecular complexity index is 449. The van der Waals surface area contributed by atoms with Gasteiger partial charge in [-0.15, -0.1) is 0 Å². The molecule has 6 heteroatoms. The summed E-state index contributed by atoms with van der Waals surface area (Å²) in [4.78, 5) is 11.7. The fourth-order valence-corrected chi connectivity index (χ4v) is 1.78. The van der Waals surface area contributed by atoms with E-state index < -0.39 is 0 Å². The van der Waals surface area contributed by atoms with Crippen molar-refractivity contribution in [2.45, 2.75) is 19.4 Å². The molecule has 1 atom stereocenters. The molecule has 6 nitrogen and oxygen atoms in total. The largest absolute Gasteiger partial charge is 0.497 e. The lowest BCUT2D eigenvalue weighted by molar-refractivity contribution is -0.123. The van der Waals surface area contributed by atoms with E-state index in [1.54, 1.807) is 20.3 Å². The molecule has 0 radical (unpaired) electrons. The molecule has 3 N–H and O–H groups in total. The predicted molar refractivity (Wildman–Crippen MR) is 80.6 cm³/mol. The Morgan fingerprint density at radius 1 is 1.38 bits per heavy atom. The third-order valence-electron chi connectivity index (χ3n) is 2.92. The van der Waals surface area contributed by atoms with Gasteiger partial charge in [0.25, 0.3) is 5.91 Å². The second-order valence-corrected chi connectivity index (χ2v) is 4.68. The molecule has 21 heavy (non-hydrogen) atoms. The Kier molecular flexibility index (Phi) is 7.56. The Morgan fingerprint density at radius 3 is 2.76 bits per heavy atom. The maximum absolute atomic E-state index is 11.7. The van der Waals surface area contributed by atoms with Gasteiger partial charge in [0, 0.05) is 37.9 Å². The number of carbonyl (C=O) groups is 1. The number of amides is 1. The van der Waals surface area contributed by atoms with Crippen LogP contribution >= 0.6 is 0 Å². The molecule has 1 aromatic rings. The van der Waals surface area contributed by atoms with Gasteiger partial charge in [-0.25, -0.2) is 0 Å². The van der Waals surface area contributed by atoms with Crippen molar-refractivity contribution in [2.24, 2.45) is 5.73 Å². The second-order valence-electron chi connectivity index (χ2n) is 4.68. The van der Waals surface area contributed by atoms with Crippen LogP contribution in [0.5, 0.6) is 11.5 Å². The molecule has 0 saturated heterocycles. The van der Waals surface area contributed by atoms with E-state index in [1.807, 2.05) is 19.1 Å². The molecule has 0 aliphatic carbocycles. The minimum absolute atomic E-state index is 0.0557. The molecule has 0 spiro atoms. The highest BCUT2D eigenvalue weighted by molar-refractivity contribution is 5.77. The Labute approximate surface area is 125 Å². The highest BCUT2D eigenvalue weighted by Gasteiger charge is 2.11. The third kappa shape index (κ3) is 6.01. The molecule has 118 valence electrons. The van der Waals surface area contributed by atoms with Gasteiger partial charge in [-0.1, -0.05) is 6.07 Å². The maximum Gasteiger partial charge on any atom is 0.257 e. The molecule has 0 aliphatic rings. The number of hydrogen-bond donors (Lipinski definition) is 2. The normalized spacial score (nSPS) is 11.8. The van der Waals surface area contributed by atoms with Crippen molar-refractivity contribution in [1.29, 1.82) is 0 Å². The van der Waals surface area contributed by atoms with Gasteiger partial charge < -0.3 is 25.3 Å². The zero-order valence-electron chi connectivity index (χ0n) is 12.8. The molecular formula is C15H24N2O4. The highest BCUT2D eigenvalue weighted by atomic mass is 16.5. The molecule has 0 aliphatic heterocycles. The summed E-state index contributed by atoms with van der Waals surface area (Å²) in [6.45, 7) is 2.99. The Morgan fingerprint density at radius 2 is 2.14 bits per heavy atom. The molecule has 0 heterocycles. The van der Waals surface area contributed by atoms with Crippen molar-refractivity contribution in [2.75, 3.05) is 34.0 Å². The summed E-state index contributed by atoms with van der Waals surface area (Å²) in [6, 6.07) is 5.21. The highest BCUT2D eigenvalue weighted by Crippen LogP contribution is 2.28. The molecule has 0 fully saturated rings. The first kappa shape index (κ1) is 17.3. The summed E-state index contributed by atoms with van der Waals surface area (Å²) in [5, 5.41) is 2.76. The lowest BCUT2D eigenvalue weighted by Gasteiger charge is -2.15. The summed E-state index contributed by atoms with van der Waals surface area (Å²) >= 11 is 0. The molecule has 1 rings (SSSR count). The number of nitrogens with one attached hydrogen (secondary N) is 1. The van der Waals surface area contributed by atoms with Crippen LogP contribution in [0.2, 0.25) is 0 Å². The Hall–Kier alpha value is -1.79. The average molecular weight is 296 g/mol. The van der Waals surface area contributed by atoms with Crippen molar-refractivity contribution >= 4 is 5.91 Å². The van der Waals surface area contributed by atoms with E-state index in [0.29, 0.717) is 24.7 Å². The minimum Gasteiger partial charge on any atom is -0.497 e. The average Bonchev–Trinajstić information content (AvgIpc) is 2.49. The lowest BCUT2D eigenvalue weighted by Crippen LogP contribution is -2.30. The number of hydrogen-bond acceptors (Lipinski definition) is 5. The SMILES string of the molecule is COCCCNC(=O)COc1cc(OC)ccc1[C@H](C)N. The van der Waals surface area contributed by atoms with Gasteiger partial charge in [0.2, 0.25) is 0 Å². The van der Waals surface area contributed by atoms with Crippen LogP contribution < -0.4 is 20.5 Å². The van der Waals surface area contributed by atoms with Crippen LogP contribution in [0.1, 0.15) is 24.9 Å². The zero-order valence-corrected chi connectivity index (χ0v) is 12.8. The summed E-state index contributed by atoms with van der Waals surface area (Å²) in [5.41, 5.74) is 6.73. The first-order valence-electron chi connectivity index (χ1n) is 6.90. The number of rotatable bonds is 9. The fraction of sp³-hybridized carbons (Fsp3) is 0.533. The lowest BCUT2D eigenvalue weighted by atomic mass is 10.1. The van der Waals surface area contributed by atoms with Crippen LogP contribution in [0.3, 0.4) is 0 Å². The fourth-order valence-electron chi connectivity index (χ4n) is 1.78. The molecule has 1 aromatic carbocycles. The van der Waals surface area contributed by atoms with E-state index in [4.69, 9.17) is 19.9 Å². The minimum atomic E-state index is -0.185. The summed E-state index contributed by atoms with van der Waals surface area (Å²) in [7, 11) is 3.20. The number of carbonyl (C=O) groups excluding carboxylic acids is 1. The van der Waals surface area contributed by atoms with Crippen molar-refractivity contribution < 1.29 is 19.0 Å². The molecule has 0 saturated carbocycles. The first-order chi connectivity index (χ1) is 10.1. The standard InChI is InChI=1S/C15H24N2O4/c1-11(16)13-6-5-12(20-3)9-14(13)21-10-15(18)17-7-4-8-19-2/h5-6,9,11H,4,7-8,10,16H2,1-3H3,(H,17,18)/t11-/m0/s1. The number of benzene rings is 1. The van der Waals surface area contributed by atoms with Crippen LogP contribution in [0.4, 0.5) is 0 Å². The number of methoxy groups -OCH3 is 2. The van der Waals surface area contributed by atoms with Gasteiger partial charge in [-0.05, 0) is 19.4 Å². The van der Waals surface area contributed by atoms with Crippen LogP contribution in [0.15, 0.2) is 18.2 Å². The van der Waals surface area contributed by atoms with E-state index in [0.717, 1.165) is 12.0 Å². The van der Waals surface area contributed by atoms with Gasteiger partial charge in [-0.2, -0.15) is 0 Å². The van der Waals surface area contributed by atoms with E-state index >= 15 is 0 Å². The predicted octanol–water partition coefficient (Wildman–Crippen LogP) is 1.25. The van der Waals surface area contributed by atoms with E-state index in [9.17, 15) is 4.79 Å². The second kappa shape index (κ2) is 9.20. The van der Waals surface area contributed by atoms with Crippen LogP contribution in [0.25, 0.3) is 0 Å². The smallest absolute Gasteiger partial charge is 0.257 e. The zero-order chi connectivity index (χ0) is 15.7. The molecule has 0 aromatic heterocycles. The van der Waals surface area contributed by atoms with Crippen molar-refractivity contribution in [1.82, 2.24) is 5.32 Å². The van der Waals surface area contributed by atoms with Gasteiger partial charge >= 0.3 is 0 Å². The van der Waals surface area contributed by atoms with Gasteiger partial charge in [0.05, 0.1) is 7.11 Å². The molecule has 0 unspecified atom stereocenters. The van der Waals surface area contributed by atoms with Crippen molar-refractivity contribution in [3.8, 4) is 11.5 Å². The van der Waals surface area contributed by atoms with E-state index in [-0.39, 0.29) is 18.6 Å². The van der Waals surface area contributed by atoms with Gasteiger partial charge in [0.15, 0.2) is 6.61 Å². The number of nitrogens with two attached hydrogens (primary N) is 1. The van der Waals surface area contributed by atoms with Crippen molar-refractivity contribution in [3.05, 3.63) is 23.8 Å². The van der Waals surface area contributed by atoms with Gasteiger partial charge in [-0.3, -0.25) is 4.79 Å². The quantitative estimate of drug-likeness (QED) is 0.670. The van der Waals surface area contributed by atoms with Crippen LogP contribution in [-0.2, 0) is 9.53 Å². The van der Waals surface area contributed by atoms with Gasteiger partial charge in [0.1, 0.15) is 11.5 Å². The monoisotopic (exact) mass is 296 g/mol. The topological polar surface area (TPSA) is 82.8 Å². The Balaban J connectivity index is 2.55. The van der Waals surface area contributed by atoms with Crippen molar-refractivity contribution in [3.63, 3.8) is 0 Å². The third-order valence-corrected chi connectivity index (χ3v) is 2.92. The van der Waals surface area contributed by atoms with E-state index in [1.165, 1.54) is 0 Å². The molecule has 1 amide bonds. The number of ether oxygens (including phenoxy) is 3. The maximum atomic E-state index is 11.7. The summed E-state index contributed by atoms with van der Waals surface area (Å²) in [5.74, 6) is 1.05. The molecule has 0 bridgehead atoms. The van der Waals surface area contributed by atoms with Crippen LogP contribution in [-0.4, -0.2) is 39.9 Å². The van der Waals surface area contributed by atoms with E-state index in [2.05, 4.69) is 5.32 Å². The first-order valence-corrected chi connectivity index (χ1v) is 6.90. The van der Waals surface area contributed by atoms with Crippen LogP contribution in [0, 0.1) is 0 Å². The summed E-state index contributed by atoms with van der Waals surface area (Å²) in [6.07, 6.45) is 0.770.